The Hall–Kier alpha value is -2.32. The van der Waals surface area contributed by atoms with Gasteiger partial charge in [-0.3, -0.25) is 4.79 Å². The van der Waals surface area contributed by atoms with Crippen LogP contribution < -0.4 is 0 Å². The Bertz CT molecular complexity index is 1010. The molecule has 1 fully saturated rings. The molecule has 1 saturated heterocycles. The highest BCUT2D eigenvalue weighted by atomic mass is 32.1. The number of hydrogen-bond donors (Lipinski definition) is 1. The highest BCUT2D eigenvalue weighted by Gasteiger charge is 2.30. The number of hydrogen-bond acceptors (Lipinski definition) is 3. The zero-order chi connectivity index (χ0) is 22.0. The van der Waals surface area contributed by atoms with E-state index in [2.05, 4.69) is 9.88 Å². The van der Waals surface area contributed by atoms with Gasteiger partial charge in [0.25, 0.3) is 5.91 Å². The third kappa shape index (κ3) is 5.30. The maximum absolute atomic E-state index is 12.9. The van der Waals surface area contributed by atoms with E-state index < -0.39 is 11.7 Å². The van der Waals surface area contributed by atoms with E-state index in [4.69, 9.17) is 0 Å². The van der Waals surface area contributed by atoms with Crippen molar-refractivity contribution in [3.05, 3.63) is 58.6 Å². The van der Waals surface area contributed by atoms with Crippen LogP contribution in [0.4, 0.5) is 13.2 Å². The first kappa shape index (κ1) is 21.9. The molecule has 0 atom stereocenters. The molecule has 0 saturated carbocycles. The van der Waals surface area contributed by atoms with Gasteiger partial charge in [0, 0.05) is 20.1 Å². The lowest BCUT2D eigenvalue weighted by molar-refractivity contribution is -0.137. The third-order valence-electron chi connectivity index (χ3n) is 6.03. The summed E-state index contributed by atoms with van der Waals surface area (Å²) in [6, 6.07) is 9.49. The molecule has 1 aliphatic heterocycles. The smallest absolute Gasteiger partial charge is 0.350 e. The Labute approximate surface area is 183 Å². The van der Waals surface area contributed by atoms with Crippen LogP contribution in [-0.2, 0) is 12.6 Å². The zero-order valence-electron chi connectivity index (χ0n) is 17.4. The van der Waals surface area contributed by atoms with E-state index in [1.165, 1.54) is 12.1 Å². The van der Waals surface area contributed by atoms with Crippen LogP contribution in [0.2, 0.25) is 0 Å². The van der Waals surface area contributed by atoms with Gasteiger partial charge >= 0.3 is 6.18 Å². The van der Waals surface area contributed by atoms with Crippen molar-refractivity contribution in [2.24, 2.45) is 5.92 Å². The summed E-state index contributed by atoms with van der Waals surface area (Å²) in [5, 5.41) is 2.00. The summed E-state index contributed by atoms with van der Waals surface area (Å²) < 4.78 is 39.7. The number of aromatic amines is 1. The molecule has 31 heavy (non-hydrogen) atoms. The van der Waals surface area contributed by atoms with Gasteiger partial charge in [-0.05, 0) is 67.4 Å². The molecule has 166 valence electrons. The van der Waals surface area contributed by atoms with Crippen molar-refractivity contribution in [1.82, 2.24) is 14.8 Å². The number of nitrogens with zero attached hydrogens (tertiary/aromatic N) is 2. The minimum Gasteiger partial charge on any atom is -0.350 e. The van der Waals surface area contributed by atoms with Crippen molar-refractivity contribution in [3.8, 4) is 0 Å². The summed E-state index contributed by atoms with van der Waals surface area (Å²) in [6.07, 6.45) is -1.72. The van der Waals surface area contributed by atoms with E-state index in [0.29, 0.717) is 30.1 Å². The lowest BCUT2D eigenvalue weighted by Gasteiger charge is -2.33. The van der Waals surface area contributed by atoms with Gasteiger partial charge in [0.2, 0.25) is 0 Å². The molecule has 1 aromatic carbocycles. The van der Waals surface area contributed by atoms with Crippen molar-refractivity contribution in [1.29, 1.82) is 0 Å². The van der Waals surface area contributed by atoms with Crippen LogP contribution >= 0.6 is 11.3 Å². The van der Waals surface area contributed by atoms with Crippen LogP contribution in [0.25, 0.3) is 10.2 Å². The fourth-order valence-corrected chi connectivity index (χ4v) is 5.00. The Morgan fingerprint density at radius 2 is 2.00 bits per heavy atom. The Balaban J connectivity index is 1.23. The largest absolute Gasteiger partial charge is 0.416 e. The van der Waals surface area contributed by atoms with Crippen LogP contribution in [-0.4, -0.2) is 53.9 Å². The molecule has 0 aliphatic carbocycles. The SMILES string of the molecule is CN(CC1CCN(CCc2cccc(C(F)(F)F)c2)CC1)C(=O)c1cc2sccc2[nH]1. The second-order valence-electron chi connectivity index (χ2n) is 8.30. The number of aromatic nitrogens is 1. The number of alkyl halides is 3. The lowest BCUT2D eigenvalue weighted by atomic mass is 9.95. The fourth-order valence-electron chi connectivity index (χ4n) is 4.22. The lowest BCUT2D eigenvalue weighted by Crippen LogP contribution is -2.40. The van der Waals surface area contributed by atoms with E-state index in [-0.39, 0.29) is 5.91 Å². The molecular weight excluding hydrogens is 423 g/mol. The highest BCUT2D eigenvalue weighted by molar-refractivity contribution is 7.17. The third-order valence-corrected chi connectivity index (χ3v) is 6.89. The molecule has 2 aromatic heterocycles. The number of carbonyl (C=O) groups excluding carboxylic acids is 1. The molecule has 8 heteroatoms. The predicted molar refractivity (Wildman–Crippen MR) is 117 cm³/mol. The zero-order valence-corrected chi connectivity index (χ0v) is 18.2. The molecule has 4 rings (SSSR count). The first-order valence-electron chi connectivity index (χ1n) is 10.5. The van der Waals surface area contributed by atoms with E-state index in [9.17, 15) is 18.0 Å². The number of amides is 1. The summed E-state index contributed by atoms with van der Waals surface area (Å²) in [6.45, 7) is 3.28. The molecule has 0 spiro atoms. The number of piperidine rings is 1. The van der Waals surface area contributed by atoms with Crippen molar-refractivity contribution >= 4 is 27.5 Å². The van der Waals surface area contributed by atoms with Crippen LogP contribution in [0.15, 0.2) is 41.8 Å². The van der Waals surface area contributed by atoms with E-state index >= 15 is 0 Å². The second-order valence-corrected chi connectivity index (χ2v) is 9.25. The van der Waals surface area contributed by atoms with Gasteiger partial charge in [-0.25, -0.2) is 0 Å². The number of thiophene rings is 1. The van der Waals surface area contributed by atoms with Gasteiger partial charge in [-0.15, -0.1) is 11.3 Å². The van der Waals surface area contributed by atoms with Crippen LogP contribution in [0.1, 0.15) is 34.5 Å². The number of nitrogens with one attached hydrogen (secondary N) is 1. The van der Waals surface area contributed by atoms with E-state index in [1.807, 2.05) is 24.6 Å². The molecule has 3 aromatic rings. The Morgan fingerprint density at radius 3 is 2.71 bits per heavy atom. The minimum atomic E-state index is -4.30. The fraction of sp³-hybridized carbons (Fsp3) is 0.435. The quantitative estimate of drug-likeness (QED) is 0.557. The summed E-state index contributed by atoms with van der Waals surface area (Å²) in [5.74, 6) is 0.449. The standard InChI is InChI=1S/C23H26F3N3OS/c1-28(22(30)20-14-21-19(27-20)8-12-31-21)15-17-6-10-29(11-7-17)9-5-16-3-2-4-18(13-16)23(24,25)26/h2-4,8,12-14,17,27H,5-7,9-11,15H2,1H3. The number of fused-ring (bicyclic) bond motifs is 1. The van der Waals surface area contributed by atoms with Gasteiger partial charge in [-0.1, -0.05) is 18.2 Å². The summed E-state index contributed by atoms with van der Waals surface area (Å²) in [4.78, 5) is 20.0. The number of likely N-dealkylation sites (tertiary alicyclic amines) is 1. The first-order chi connectivity index (χ1) is 14.8. The first-order valence-corrected chi connectivity index (χ1v) is 11.4. The second kappa shape index (κ2) is 9.04. The molecular formula is C23H26F3N3OS. The molecule has 1 amide bonds. The van der Waals surface area contributed by atoms with E-state index in [1.54, 1.807) is 22.3 Å². The molecule has 0 bridgehead atoms. The van der Waals surface area contributed by atoms with Gasteiger partial charge in [0.15, 0.2) is 0 Å². The average molecular weight is 450 g/mol. The molecule has 4 nitrogen and oxygen atoms in total. The molecule has 0 radical (unpaired) electrons. The summed E-state index contributed by atoms with van der Waals surface area (Å²) in [5.41, 5.74) is 1.75. The topological polar surface area (TPSA) is 39.3 Å². The van der Waals surface area contributed by atoms with Gasteiger partial charge in [0.05, 0.1) is 15.8 Å². The van der Waals surface area contributed by atoms with Crippen molar-refractivity contribution in [3.63, 3.8) is 0 Å². The molecule has 1 aliphatic rings. The summed E-state index contributed by atoms with van der Waals surface area (Å²) in [7, 11) is 1.84. The Kier molecular flexibility index (Phi) is 6.39. The van der Waals surface area contributed by atoms with Crippen molar-refractivity contribution < 1.29 is 18.0 Å². The Morgan fingerprint density at radius 1 is 1.23 bits per heavy atom. The van der Waals surface area contributed by atoms with Gasteiger partial charge in [-0.2, -0.15) is 13.2 Å². The predicted octanol–water partition coefficient (Wildman–Crippen LogP) is 5.27. The van der Waals surface area contributed by atoms with Gasteiger partial charge in [0.1, 0.15) is 5.69 Å². The maximum Gasteiger partial charge on any atom is 0.416 e. The van der Waals surface area contributed by atoms with Crippen molar-refractivity contribution in [2.75, 3.05) is 33.2 Å². The number of benzene rings is 1. The van der Waals surface area contributed by atoms with Crippen LogP contribution in [0.5, 0.6) is 0 Å². The number of carbonyl (C=O) groups is 1. The normalized spacial score (nSPS) is 16.1. The average Bonchev–Trinajstić information content (AvgIpc) is 3.34. The molecule has 0 unspecified atom stereocenters. The van der Waals surface area contributed by atoms with Crippen molar-refractivity contribution in [2.45, 2.75) is 25.4 Å². The molecule has 3 heterocycles. The van der Waals surface area contributed by atoms with Crippen LogP contribution in [0, 0.1) is 5.92 Å². The van der Waals surface area contributed by atoms with Gasteiger partial charge < -0.3 is 14.8 Å². The maximum atomic E-state index is 12.9. The monoisotopic (exact) mass is 449 g/mol. The number of rotatable bonds is 6. The van der Waals surface area contributed by atoms with Crippen LogP contribution in [0.3, 0.4) is 0 Å². The summed E-state index contributed by atoms with van der Waals surface area (Å²) >= 11 is 1.61. The number of halogens is 3. The number of H-pyrrole nitrogens is 1. The molecule has 1 N–H and O–H groups in total. The minimum absolute atomic E-state index is 0.00961. The highest BCUT2D eigenvalue weighted by Crippen LogP contribution is 2.30. The van der Waals surface area contributed by atoms with E-state index in [0.717, 1.165) is 48.8 Å².